The van der Waals surface area contributed by atoms with Crippen molar-refractivity contribution in [2.45, 2.75) is 31.7 Å². The number of carbonyl (C=O) groups is 1. The molecule has 1 unspecified atom stereocenters. The van der Waals surface area contributed by atoms with E-state index in [-0.39, 0.29) is 0 Å². The molecule has 9 heteroatoms. The van der Waals surface area contributed by atoms with Crippen LogP contribution in [0.15, 0.2) is 54.6 Å². The fraction of sp³-hybridized carbons (Fsp3) is 0.409. The average Bonchev–Trinajstić information content (AvgIpc) is 2.74. The highest BCUT2D eigenvalue weighted by atomic mass is 35.5. The van der Waals surface area contributed by atoms with E-state index in [4.69, 9.17) is 26.2 Å². The van der Waals surface area contributed by atoms with E-state index in [0.717, 1.165) is 38.2 Å². The van der Waals surface area contributed by atoms with Gasteiger partial charge in [-0.15, -0.1) is 0 Å². The number of rotatable bonds is 6. The molecule has 2 N–H and O–H groups in total. The molecule has 31 heavy (non-hydrogen) atoms. The van der Waals surface area contributed by atoms with Gasteiger partial charge in [-0.25, -0.2) is 4.79 Å². The molecule has 1 heterocycles. The van der Waals surface area contributed by atoms with Crippen LogP contribution in [-0.2, 0) is 11.3 Å². The van der Waals surface area contributed by atoms with Gasteiger partial charge in [-0.2, -0.15) is 13.2 Å². The third kappa shape index (κ3) is 9.16. The van der Waals surface area contributed by atoms with Gasteiger partial charge in [0.1, 0.15) is 12.4 Å². The summed E-state index contributed by atoms with van der Waals surface area (Å²) in [6.07, 6.45) is -3.48. The van der Waals surface area contributed by atoms with Gasteiger partial charge in [0, 0.05) is 11.6 Å². The summed E-state index contributed by atoms with van der Waals surface area (Å²) < 4.78 is 37.4. The van der Waals surface area contributed by atoms with Gasteiger partial charge in [-0.05, 0) is 61.7 Å². The van der Waals surface area contributed by atoms with Crippen molar-refractivity contribution in [2.24, 2.45) is 5.92 Å². The highest BCUT2D eigenvalue weighted by Crippen LogP contribution is 2.23. The molecule has 0 aliphatic carbocycles. The Balaban J connectivity index is 0.000000423. The molecule has 170 valence electrons. The molecule has 1 aliphatic rings. The minimum atomic E-state index is -5.08. The monoisotopic (exact) mass is 459 g/mol. The lowest BCUT2D eigenvalue weighted by Gasteiger charge is -2.34. The molecule has 1 fully saturated rings. The van der Waals surface area contributed by atoms with Crippen molar-refractivity contribution in [1.29, 1.82) is 0 Å². The Morgan fingerprint density at radius 2 is 1.65 bits per heavy atom. The molecule has 3 rings (SSSR count). The van der Waals surface area contributed by atoms with Crippen LogP contribution in [-0.4, -0.2) is 53.1 Å². The van der Waals surface area contributed by atoms with Crippen molar-refractivity contribution in [2.75, 3.05) is 19.7 Å². The van der Waals surface area contributed by atoms with Gasteiger partial charge in [0.25, 0.3) is 0 Å². The Kier molecular flexibility index (Phi) is 9.61. The molecule has 2 aromatic carbocycles. The van der Waals surface area contributed by atoms with E-state index in [2.05, 4.69) is 29.2 Å². The molecule has 5 nitrogen and oxygen atoms in total. The number of ether oxygens (including phenoxy) is 1. The van der Waals surface area contributed by atoms with E-state index < -0.39 is 18.2 Å². The van der Waals surface area contributed by atoms with Gasteiger partial charge in [0.05, 0.1) is 6.10 Å². The number of likely N-dealkylation sites (tertiary alicyclic amines) is 1. The number of piperidine rings is 1. The zero-order valence-electron chi connectivity index (χ0n) is 16.8. The predicted octanol–water partition coefficient (Wildman–Crippen LogP) is 4.63. The van der Waals surface area contributed by atoms with Crippen molar-refractivity contribution in [1.82, 2.24) is 4.90 Å². The number of halogens is 4. The van der Waals surface area contributed by atoms with Gasteiger partial charge in [-0.1, -0.05) is 41.9 Å². The molecule has 0 bridgehead atoms. The third-order valence-electron chi connectivity index (χ3n) is 4.90. The summed E-state index contributed by atoms with van der Waals surface area (Å²) in [5.74, 6) is -1.70. The zero-order chi connectivity index (χ0) is 22.9. The fourth-order valence-corrected chi connectivity index (χ4v) is 3.31. The van der Waals surface area contributed by atoms with Crippen LogP contribution in [0.5, 0.6) is 5.75 Å². The van der Waals surface area contributed by atoms with Crippen LogP contribution in [0.25, 0.3) is 0 Å². The Morgan fingerprint density at radius 3 is 2.16 bits per heavy atom. The van der Waals surface area contributed by atoms with Crippen LogP contribution in [0.1, 0.15) is 18.4 Å². The predicted molar refractivity (Wildman–Crippen MR) is 111 cm³/mol. The van der Waals surface area contributed by atoms with Gasteiger partial charge in [-0.3, -0.25) is 4.90 Å². The first kappa shape index (κ1) is 25.0. The number of hydrogen-bond donors (Lipinski definition) is 2. The van der Waals surface area contributed by atoms with Crippen molar-refractivity contribution in [3.8, 4) is 5.75 Å². The topological polar surface area (TPSA) is 70.0 Å². The maximum atomic E-state index is 10.6. The molecular formula is C22H25ClF3NO4. The van der Waals surface area contributed by atoms with Crippen molar-refractivity contribution < 1.29 is 32.9 Å². The summed E-state index contributed by atoms with van der Waals surface area (Å²) in [5.41, 5.74) is 1.35. The van der Waals surface area contributed by atoms with E-state index in [9.17, 15) is 18.3 Å². The average molecular weight is 460 g/mol. The number of carboxylic acids is 1. The summed E-state index contributed by atoms with van der Waals surface area (Å²) in [6.45, 7) is 3.38. The second-order valence-corrected chi connectivity index (χ2v) is 7.67. The van der Waals surface area contributed by atoms with Gasteiger partial charge in [0.2, 0.25) is 0 Å². The van der Waals surface area contributed by atoms with Crippen molar-refractivity contribution >= 4 is 17.6 Å². The standard InChI is InChI=1S/C20H24ClNO2.C2HF3O2/c21-18-6-8-19(9-7-18)24-15-20(23)17-10-12-22(13-11-17)14-16-4-2-1-3-5-16;3-2(4,5)1(6)7/h1-9,17,20,23H,10-15H2;(H,6,7). The molecular weight excluding hydrogens is 435 g/mol. The smallest absolute Gasteiger partial charge is 0.490 e. The molecule has 0 spiro atoms. The Labute approximate surface area is 184 Å². The van der Waals surface area contributed by atoms with Crippen LogP contribution in [0.4, 0.5) is 13.2 Å². The molecule has 0 aromatic heterocycles. The maximum absolute atomic E-state index is 10.6. The number of aliphatic carboxylic acids is 1. The molecule has 1 atom stereocenters. The number of aliphatic hydroxyl groups is 1. The summed E-state index contributed by atoms with van der Waals surface area (Å²) >= 11 is 5.86. The molecule has 1 saturated heterocycles. The third-order valence-corrected chi connectivity index (χ3v) is 5.15. The number of aliphatic hydroxyl groups excluding tert-OH is 1. The Morgan fingerprint density at radius 1 is 1.10 bits per heavy atom. The first-order valence-electron chi connectivity index (χ1n) is 9.78. The quantitative estimate of drug-likeness (QED) is 0.659. The van der Waals surface area contributed by atoms with E-state index in [1.54, 1.807) is 12.1 Å². The number of carboxylic acid groups (broad SMARTS) is 1. The first-order valence-corrected chi connectivity index (χ1v) is 10.2. The lowest BCUT2D eigenvalue weighted by molar-refractivity contribution is -0.192. The first-order chi connectivity index (χ1) is 14.6. The normalized spacial score (nSPS) is 16.2. The number of hydrogen-bond acceptors (Lipinski definition) is 4. The van der Waals surface area contributed by atoms with E-state index in [1.165, 1.54) is 5.56 Å². The van der Waals surface area contributed by atoms with Crippen LogP contribution >= 0.6 is 11.6 Å². The maximum Gasteiger partial charge on any atom is 0.490 e. The second-order valence-electron chi connectivity index (χ2n) is 7.23. The molecule has 0 amide bonds. The molecule has 2 aromatic rings. The number of nitrogens with zero attached hydrogens (tertiary/aromatic N) is 1. The minimum absolute atomic E-state index is 0.310. The van der Waals surface area contributed by atoms with E-state index in [1.807, 2.05) is 18.2 Å². The van der Waals surface area contributed by atoms with Crippen molar-refractivity contribution in [3.63, 3.8) is 0 Å². The second kappa shape index (κ2) is 11.9. The number of benzene rings is 2. The van der Waals surface area contributed by atoms with E-state index in [0.29, 0.717) is 17.5 Å². The number of alkyl halides is 3. The molecule has 1 aliphatic heterocycles. The van der Waals surface area contributed by atoms with Crippen LogP contribution in [0.3, 0.4) is 0 Å². The van der Waals surface area contributed by atoms with Gasteiger partial charge < -0.3 is 14.9 Å². The molecule has 0 radical (unpaired) electrons. The summed E-state index contributed by atoms with van der Waals surface area (Å²) in [7, 11) is 0. The summed E-state index contributed by atoms with van der Waals surface area (Å²) in [6, 6.07) is 17.8. The van der Waals surface area contributed by atoms with Crippen molar-refractivity contribution in [3.05, 3.63) is 65.2 Å². The fourth-order valence-electron chi connectivity index (χ4n) is 3.19. The summed E-state index contributed by atoms with van der Waals surface area (Å²) in [5, 5.41) is 18.2. The molecule has 0 saturated carbocycles. The zero-order valence-corrected chi connectivity index (χ0v) is 17.5. The van der Waals surface area contributed by atoms with Crippen LogP contribution in [0, 0.1) is 5.92 Å². The Hall–Kier alpha value is -2.29. The van der Waals surface area contributed by atoms with Gasteiger partial charge >= 0.3 is 12.1 Å². The highest BCUT2D eigenvalue weighted by molar-refractivity contribution is 6.30. The largest absolute Gasteiger partial charge is 0.491 e. The minimum Gasteiger partial charge on any atom is -0.491 e. The SMILES string of the molecule is O=C(O)C(F)(F)F.OC(COc1ccc(Cl)cc1)C1CCN(Cc2ccccc2)CC1. The van der Waals surface area contributed by atoms with Crippen LogP contribution in [0.2, 0.25) is 5.02 Å². The van der Waals surface area contributed by atoms with Gasteiger partial charge in [0.15, 0.2) is 0 Å². The lowest BCUT2D eigenvalue weighted by Crippen LogP contribution is -2.39. The summed E-state index contributed by atoms with van der Waals surface area (Å²) in [4.78, 5) is 11.4. The lowest BCUT2D eigenvalue weighted by atomic mass is 9.91. The van der Waals surface area contributed by atoms with E-state index >= 15 is 0 Å². The highest BCUT2D eigenvalue weighted by Gasteiger charge is 2.38. The van der Waals surface area contributed by atoms with Crippen LogP contribution < -0.4 is 4.74 Å². The Bertz CT molecular complexity index is 795.